The van der Waals surface area contributed by atoms with E-state index in [-0.39, 0.29) is 6.29 Å². The largest absolute Gasteiger partial charge is 0.381 e. The fourth-order valence-electron chi connectivity index (χ4n) is 3.20. The molecule has 25 heavy (non-hydrogen) atoms. The average Bonchev–Trinajstić information content (AvgIpc) is 2.67. The molecule has 0 amide bonds. The van der Waals surface area contributed by atoms with Crippen molar-refractivity contribution < 1.29 is 14.2 Å². The smallest absolute Gasteiger partial charge is 0.157 e. The van der Waals surface area contributed by atoms with Gasteiger partial charge in [-0.15, -0.1) is 0 Å². The van der Waals surface area contributed by atoms with Gasteiger partial charge in [0.1, 0.15) is 0 Å². The molecule has 0 spiro atoms. The lowest BCUT2D eigenvalue weighted by Gasteiger charge is -2.22. The Morgan fingerprint density at radius 3 is 2.28 bits per heavy atom. The van der Waals surface area contributed by atoms with E-state index >= 15 is 0 Å². The van der Waals surface area contributed by atoms with Gasteiger partial charge in [0.05, 0.1) is 0 Å². The Hall–Kier alpha value is -0.900. The third-order valence-corrected chi connectivity index (χ3v) is 4.72. The lowest BCUT2D eigenvalue weighted by atomic mass is 10.1. The van der Waals surface area contributed by atoms with Gasteiger partial charge in [-0.25, -0.2) is 0 Å². The van der Waals surface area contributed by atoms with Gasteiger partial charge in [-0.2, -0.15) is 0 Å². The maximum atomic E-state index is 5.76. The highest BCUT2D eigenvalue weighted by Crippen LogP contribution is 2.14. The molecule has 2 rings (SSSR count). The van der Waals surface area contributed by atoms with Gasteiger partial charge in [0.25, 0.3) is 0 Å². The molecule has 1 aliphatic rings. The number of hydrogen-bond donors (Lipinski definition) is 0. The first-order valence-corrected chi connectivity index (χ1v) is 10.3. The summed E-state index contributed by atoms with van der Waals surface area (Å²) >= 11 is 0. The monoisotopic (exact) mass is 348 g/mol. The van der Waals surface area contributed by atoms with E-state index in [0.717, 1.165) is 52.1 Å². The van der Waals surface area contributed by atoms with Crippen LogP contribution in [0.5, 0.6) is 0 Å². The van der Waals surface area contributed by atoms with Crippen molar-refractivity contribution in [3.05, 3.63) is 35.9 Å². The molecule has 0 saturated carbocycles. The van der Waals surface area contributed by atoms with Gasteiger partial charge in [0.2, 0.25) is 0 Å². The van der Waals surface area contributed by atoms with Crippen molar-refractivity contribution in [1.82, 2.24) is 0 Å². The lowest BCUT2D eigenvalue weighted by Crippen LogP contribution is -2.22. The summed E-state index contributed by atoms with van der Waals surface area (Å²) in [6.45, 7) is 3.53. The van der Waals surface area contributed by atoms with Crippen LogP contribution in [-0.2, 0) is 20.6 Å². The van der Waals surface area contributed by atoms with E-state index in [4.69, 9.17) is 14.2 Å². The van der Waals surface area contributed by atoms with Crippen LogP contribution in [-0.4, -0.2) is 32.7 Å². The third-order valence-electron chi connectivity index (χ3n) is 4.72. The Labute approximate surface area is 154 Å². The first kappa shape index (κ1) is 20.4. The molecule has 1 heterocycles. The van der Waals surface area contributed by atoms with E-state index in [1.807, 2.05) is 0 Å². The molecule has 1 fully saturated rings. The standard InChI is InChI=1S/C22H36O3/c1(2-4-10-19-24-22-16-8-11-20-25-22)3-9-17-23-18-12-15-21-13-6-5-7-14-21/h5-7,13-14,22H,1-4,8-12,15-20H2. The summed E-state index contributed by atoms with van der Waals surface area (Å²) < 4.78 is 17.1. The number of benzene rings is 1. The highest BCUT2D eigenvalue weighted by atomic mass is 16.7. The molecule has 0 bridgehead atoms. The zero-order chi connectivity index (χ0) is 17.4. The molecular weight excluding hydrogens is 312 g/mol. The van der Waals surface area contributed by atoms with Crippen molar-refractivity contribution in [2.24, 2.45) is 0 Å². The molecule has 0 aromatic heterocycles. The predicted molar refractivity (Wildman–Crippen MR) is 103 cm³/mol. The minimum atomic E-state index is 0.0767. The van der Waals surface area contributed by atoms with E-state index < -0.39 is 0 Å². The SMILES string of the molecule is c1ccc(CCCOCCCCCCCCOC2CCCCO2)cc1. The normalized spacial score (nSPS) is 17.7. The van der Waals surface area contributed by atoms with Crippen LogP contribution in [0.2, 0.25) is 0 Å². The van der Waals surface area contributed by atoms with Crippen LogP contribution in [0.15, 0.2) is 30.3 Å². The van der Waals surface area contributed by atoms with Crippen LogP contribution in [0.25, 0.3) is 0 Å². The number of ether oxygens (including phenoxy) is 3. The molecule has 1 atom stereocenters. The molecule has 0 N–H and O–H groups in total. The predicted octanol–water partition coefficient (Wildman–Crippen LogP) is 5.52. The third kappa shape index (κ3) is 10.6. The fourth-order valence-corrected chi connectivity index (χ4v) is 3.20. The number of hydrogen-bond acceptors (Lipinski definition) is 3. The molecule has 1 saturated heterocycles. The van der Waals surface area contributed by atoms with Crippen molar-refractivity contribution in [2.75, 3.05) is 26.4 Å². The van der Waals surface area contributed by atoms with Crippen molar-refractivity contribution in [2.45, 2.75) is 76.9 Å². The number of rotatable bonds is 14. The van der Waals surface area contributed by atoms with Crippen LogP contribution in [0.3, 0.4) is 0 Å². The van der Waals surface area contributed by atoms with Crippen LogP contribution in [0.1, 0.15) is 69.8 Å². The molecule has 0 radical (unpaired) electrons. The maximum Gasteiger partial charge on any atom is 0.157 e. The van der Waals surface area contributed by atoms with Crippen LogP contribution >= 0.6 is 0 Å². The lowest BCUT2D eigenvalue weighted by molar-refractivity contribution is -0.162. The Morgan fingerprint density at radius 2 is 1.52 bits per heavy atom. The second kappa shape index (κ2) is 14.3. The second-order valence-corrected chi connectivity index (χ2v) is 6.99. The molecular formula is C22H36O3. The number of aryl methyl sites for hydroxylation is 1. The van der Waals surface area contributed by atoms with Gasteiger partial charge in [-0.3, -0.25) is 0 Å². The maximum absolute atomic E-state index is 5.76. The fraction of sp³-hybridized carbons (Fsp3) is 0.727. The Morgan fingerprint density at radius 1 is 0.800 bits per heavy atom. The summed E-state index contributed by atoms with van der Waals surface area (Å²) in [5.74, 6) is 0. The Bertz CT molecular complexity index is 401. The molecule has 3 nitrogen and oxygen atoms in total. The zero-order valence-electron chi connectivity index (χ0n) is 15.8. The van der Waals surface area contributed by atoms with Crippen molar-refractivity contribution in [3.8, 4) is 0 Å². The zero-order valence-corrected chi connectivity index (χ0v) is 15.8. The minimum Gasteiger partial charge on any atom is -0.381 e. The van der Waals surface area contributed by atoms with Crippen LogP contribution in [0, 0.1) is 0 Å². The molecule has 1 aromatic rings. The van der Waals surface area contributed by atoms with E-state index in [0.29, 0.717) is 0 Å². The van der Waals surface area contributed by atoms with Gasteiger partial charge in [0.15, 0.2) is 6.29 Å². The van der Waals surface area contributed by atoms with Gasteiger partial charge in [0, 0.05) is 26.4 Å². The highest BCUT2D eigenvalue weighted by molar-refractivity contribution is 5.14. The molecule has 1 aliphatic heterocycles. The molecule has 3 heteroatoms. The molecule has 142 valence electrons. The average molecular weight is 349 g/mol. The molecule has 1 unspecified atom stereocenters. The Kier molecular flexibility index (Phi) is 11.7. The van der Waals surface area contributed by atoms with Crippen LogP contribution in [0.4, 0.5) is 0 Å². The van der Waals surface area contributed by atoms with Crippen LogP contribution < -0.4 is 0 Å². The van der Waals surface area contributed by atoms with Crippen molar-refractivity contribution >= 4 is 0 Å². The summed E-state index contributed by atoms with van der Waals surface area (Å²) in [7, 11) is 0. The summed E-state index contributed by atoms with van der Waals surface area (Å²) in [6, 6.07) is 10.6. The molecule has 0 aliphatic carbocycles. The van der Waals surface area contributed by atoms with Gasteiger partial charge < -0.3 is 14.2 Å². The first-order chi connectivity index (χ1) is 12.4. The first-order valence-electron chi connectivity index (χ1n) is 10.3. The minimum absolute atomic E-state index is 0.0767. The van der Waals surface area contributed by atoms with E-state index in [1.54, 1.807) is 0 Å². The van der Waals surface area contributed by atoms with E-state index in [9.17, 15) is 0 Å². The second-order valence-electron chi connectivity index (χ2n) is 6.99. The van der Waals surface area contributed by atoms with Crippen molar-refractivity contribution in [1.29, 1.82) is 0 Å². The number of unbranched alkanes of at least 4 members (excludes halogenated alkanes) is 5. The summed E-state index contributed by atoms with van der Waals surface area (Å²) in [6.07, 6.45) is 13.4. The Balaban J connectivity index is 1.27. The highest BCUT2D eigenvalue weighted by Gasteiger charge is 2.13. The summed E-state index contributed by atoms with van der Waals surface area (Å²) in [4.78, 5) is 0. The van der Waals surface area contributed by atoms with E-state index in [2.05, 4.69) is 30.3 Å². The van der Waals surface area contributed by atoms with Gasteiger partial charge in [-0.05, 0) is 50.5 Å². The molecule has 1 aromatic carbocycles. The van der Waals surface area contributed by atoms with Gasteiger partial charge >= 0.3 is 0 Å². The summed E-state index contributed by atoms with van der Waals surface area (Å²) in [5, 5.41) is 0. The van der Waals surface area contributed by atoms with Gasteiger partial charge in [-0.1, -0.05) is 56.0 Å². The van der Waals surface area contributed by atoms with Crippen molar-refractivity contribution in [3.63, 3.8) is 0 Å². The quantitative estimate of drug-likeness (QED) is 0.414. The van der Waals surface area contributed by atoms with E-state index in [1.165, 1.54) is 50.5 Å². The topological polar surface area (TPSA) is 27.7 Å². The summed E-state index contributed by atoms with van der Waals surface area (Å²) in [5.41, 5.74) is 1.41.